The first-order valence-electron chi connectivity index (χ1n) is 8.88. The highest BCUT2D eigenvalue weighted by Gasteiger charge is 2.23. The highest BCUT2D eigenvalue weighted by molar-refractivity contribution is 7.99. The summed E-state index contributed by atoms with van der Waals surface area (Å²) < 4.78 is 7.55. The lowest BCUT2D eigenvalue weighted by atomic mass is 10.00. The van der Waals surface area contributed by atoms with E-state index in [0.717, 1.165) is 48.7 Å². The minimum atomic E-state index is -0.0456. The molecule has 26 heavy (non-hydrogen) atoms. The third-order valence-corrected chi connectivity index (χ3v) is 5.40. The molecule has 0 atom stereocenters. The van der Waals surface area contributed by atoms with Gasteiger partial charge in [-0.15, -0.1) is 16.8 Å². The average Bonchev–Trinajstić information content (AvgIpc) is 3.29. The Labute approximate surface area is 157 Å². The number of furan rings is 1. The van der Waals surface area contributed by atoms with Gasteiger partial charge in [-0.3, -0.25) is 9.36 Å². The number of piperidine rings is 1. The lowest BCUT2D eigenvalue weighted by molar-refractivity contribution is -0.118. The van der Waals surface area contributed by atoms with Crippen LogP contribution in [0.2, 0.25) is 0 Å². The van der Waals surface area contributed by atoms with Gasteiger partial charge in [0.25, 0.3) is 0 Å². The Morgan fingerprint density at radius 3 is 2.96 bits per heavy atom. The van der Waals surface area contributed by atoms with E-state index in [2.05, 4.69) is 33.9 Å². The van der Waals surface area contributed by atoms with E-state index in [9.17, 15) is 4.79 Å². The topological polar surface area (TPSA) is 76.2 Å². The smallest absolute Gasteiger partial charge is 0.230 e. The van der Waals surface area contributed by atoms with Crippen LogP contribution in [0.5, 0.6) is 0 Å². The summed E-state index contributed by atoms with van der Waals surface area (Å²) in [5.74, 6) is 2.68. The first-order chi connectivity index (χ1) is 12.7. The number of rotatable bonds is 8. The van der Waals surface area contributed by atoms with Crippen LogP contribution in [0.3, 0.4) is 0 Å². The largest absolute Gasteiger partial charge is 0.467 e. The molecular weight excluding hydrogens is 350 g/mol. The second-order valence-corrected chi connectivity index (χ2v) is 7.44. The number of hydrogen-bond donors (Lipinski definition) is 1. The number of thioether (sulfide) groups is 1. The van der Waals surface area contributed by atoms with Gasteiger partial charge in [0.05, 0.1) is 18.6 Å². The summed E-state index contributed by atoms with van der Waals surface area (Å²) in [7, 11) is 0. The fraction of sp³-hybridized carbons (Fsp3) is 0.500. The Bertz CT molecular complexity index is 720. The Morgan fingerprint density at radius 2 is 2.27 bits per heavy atom. The van der Waals surface area contributed by atoms with Gasteiger partial charge < -0.3 is 14.6 Å². The Morgan fingerprint density at radius 1 is 1.46 bits per heavy atom. The number of nitrogens with zero attached hydrogens (tertiary/aromatic N) is 4. The Balaban J connectivity index is 1.75. The van der Waals surface area contributed by atoms with E-state index >= 15 is 0 Å². The second-order valence-electron chi connectivity index (χ2n) is 6.50. The van der Waals surface area contributed by atoms with Crippen molar-refractivity contribution < 1.29 is 9.21 Å². The van der Waals surface area contributed by atoms with Crippen LogP contribution in [0.4, 0.5) is 5.95 Å². The molecule has 2 aromatic rings. The highest BCUT2D eigenvalue weighted by Crippen LogP contribution is 2.27. The summed E-state index contributed by atoms with van der Waals surface area (Å²) in [6.07, 6.45) is 5.63. The quantitative estimate of drug-likeness (QED) is 0.564. The standard InChI is InChI=1S/C18H25N5O2S/c1-3-8-19-16(24)13-26-18-21-20-17(22-9-6-14(2)7-10-22)23(18)12-15-5-4-11-25-15/h3-5,11,14H,1,6-10,12-13H2,2H3,(H,19,24). The van der Waals surface area contributed by atoms with Gasteiger partial charge in [-0.1, -0.05) is 24.8 Å². The maximum absolute atomic E-state index is 11.9. The summed E-state index contributed by atoms with van der Waals surface area (Å²) in [5.41, 5.74) is 0. The van der Waals surface area contributed by atoms with E-state index in [1.165, 1.54) is 11.8 Å². The van der Waals surface area contributed by atoms with Gasteiger partial charge in [0.15, 0.2) is 5.16 Å². The monoisotopic (exact) mass is 375 g/mol. The van der Waals surface area contributed by atoms with Crippen molar-refractivity contribution in [2.24, 2.45) is 5.92 Å². The molecule has 1 N–H and O–H groups in total. The molecule has 0 aliphatic carbocycles. The van der Waals surface area contributed by atoms with E-state index < -0.39 is 0 Å². The van der Waals surface area contributed by atoms with Crippen LogP contribution in [-0.2, 0) is 11.3 Å². The molecule has 8 heteroatoms. The Kier molecular flexibility index (Phi) is 6.38. The van der Waals surface area contributed by atoms with E-state index in [0.29, 0.717) is 18.8 Å². The van der Waals surface area contributed by atoms with Crippen LogP contribution in [0, 0.1) is 5.92 Å². The maximum atomic E-state index is 11.9. The normalized spacial score (nSPS) is 15.2. The lowest BCUT2D eigenvalue weighted by Crippen LogP contribution is -2.35. The van der Waals surface area contributed by atoms with E-state index in [1.54, 1.807) is 12.3 Å². The molecule has 0 aromatic carbocycles. The first kappa shape index (κ1) is 18.6. The number of amides is 1. The van der Waals surface area contributed by atoms with Gasteiger partial charge in [-0.25, -0.2) is 0 Å². The summed E-state index contributed by atoms with van der Waals surface area (Å²) in [5, 5.41) is 12.3. The second kappa shape index (κ2) is 8.93. The van der Waals surface area contributed by atoms with E-state index in [1.807, 2.05) is 16.7 Å². The third kappa shape index (κ3) is 4.69. The predicted molar refractivity (Wildman–Crippen MR) is 102 cm³/mol. The number of nitrogens with one attached hydrogen (secondary N) is 1. The molecule has 3 heterocycles. The van der Waals surface area contributed by atoms with Crippen LogP contribution in [0.1, 0.15) is 25.5 Å². The summed E-state index contributed by atoms with van der Waals surface area (Å²) in [6.45, 7) is 8.86. The van der Waals surface area contributed by atoms with Gasteiger partial charge in [0.1, 0.15) is 5.76 Å². The van der Waals surface area contributed by atoms with Crippen LogP contribution in [0.15, 0.2) is 40.6 Å². The molecule has 1 amide bonds. The molecule has 1 fully saturated rings. The molecule has 0 unspecified atom stereocenters. The molecule has 0 bridgehead atoms. The number of aromatic nitrogens is 3. The van der Waals surface area contributed by atoms with Crippen molar-refractivity contribution in [3.05, 3.63) is 36.8 Å². The van der Waals surface area contributed by atoms with Crippen molar-refractivity contribution in [1.82, 2.24) is 20.1 Å². The van der Waals surface area contributed by atoms with E-state index in [4.69, 9.17) is 4.42 Å². The van der Waals surface area contributed by atoms with Crippen molar-refractivity contribution in [3.8, 4) is 0 Å². The zero-order valence-electron chi connectivity index (χ0n) is 15.1. The lowest BCUT2D eigenvalue weighted by Gasteiger charge is -2.31. The SMILES string of the molecule is C=CCNC(=O)CSc1nnc(N2CCC(C)CC2)n1Cc1ccco1. The minimum absolute atomic E-state index is 0.0456. The van der Waals surface area contributed by atoms with Crippen molar-refractivity contribution >= 4 is 23.6 Å². The molecule has 0 saturated carbocycles. The average molecular weight is 375 g/mol. The molecule has 140 valence electrons. The predicted octanol–water partition coefficient (Wildman–Crippen LogP) is 2.55. The molecule has 7 nitrogen and oxygen atoms in total. The zero-order chi connectivity index (χ0) is 18.4. The van der Waals surface area contributed by atoms with Gasteiger partial charge in [-0.2, -0.15) is 0 Å². The fourth-order valence-corrected chi connectivity index (χ4v) is 3.66. The molecule has 0 radical (unpaired) electrons. The van der Waals surface area contributed by atoms with Gasteiger partial charge >= 0.3 is 0 Å². The van der Waals surface area contributed by atoms with Crippen molar-refractivity contribution in [3.63, 3.8) is 0 Å². The van der Waals surface area contributed by atoms with Gasteiger partial charge in [-0.05, 0) is 30.9 Å². The summed E-state index contributed by atoms with van der Waals surface area (Å²) >= 11 is 1.39. The minimum Gasteiger partial charge on any atom is -0.467 e. The number of carbonyl (C=O) groups excluding carboxylic acids is 1. The molecule has 1 aliphatic rings. The van der Waals surface area contributed by atoms with Crippen molar-refractivity contribution in [1.29, 1.82) is 0 Å². The molecule has 1 aliphatic heterocycles. The van der Waals surface area contributed by atoms with Crippen LogP contribution in [-0.4, -0.2) is 46.1 Å². The first-order valence-corrected chi connectivity index (χ1v) is 9.87. The number of hydrogen-bond acceptors (Lipinski definition) is 6. The van der Waals surface area contributed by atoms with Crippen LogP contribution in [0.25, 0.3) is 0 Å². The molecular formula is C18H25N5O2S. The molecule has 0 spiro atoms. The van der Waals surface area contributed by atoms with Crippen LogP contribution >= 0.6 is 11.8 Å². The van der Waals surface area contributed by atoms with Gasteiger partial charge in [0.2, 0.25) is 11.9 Å². The van der Waals surface area contributed by atoms with Gasteiger partial charge in [0, 0.05) is 19.6 Å². The molecule has 2 aromatic heterocycles. The molecule has 3 rings (SSSR count). The Hall–Kier alpha value is -2.22. The number of carbonyl (C=O) groups is 1. The molecule has 1 saturated heterocycles. The van der Waals surface area contributed by atoms with Crippen LogP contribution < -0.4 is 10.2 Å². The van der Waals surface area contributed by atoms with Crippen molar-refractivity contribution in [2.75, 3.05) is 30.3 Å². The summed E-state index contributed by atoms with van der Waals surface area (Å²) in [6, 6.07) is 3.81. The highest BCUT2D eigenvalue weighted by atomic mass is 32.2. The maximum Gasteiger partial charge on any atom is 0.230 e. The fourth-order valence-electron chi connectivity index (χ4n) is 2.89. The summed E-state index contributed by atoms with van der Waals surface area (Å²) in [4.78, 5) is 14.2. The third-order valence-electron chi connectivity index (χ3n) is 4.43. The number of anilines is 1. The van der Waals surface area contributed by atoms with E-state index in [-0.39, 0.29) is 5.91 Å². The van der Waals surface area contributed by atoms with Crippen molar-refractivity contribution in [2.45, 2.75) is 31.5 Å². The zero-order valence-corrected chi connectivity index (χ0v) is 15.9.